The predicted octanol–water partition coefficient (Wildman–Crippen LogP) is 4.69. The monoisotopic (exact) mass is 371 g/mol. The Labute approximate surface area is 152 Å². The molecule has 0 atom stereocenters. The lowest BCUT2D eigenvalue weighted by atomic mass is 10.1. The molecule has 3 rings (SSSR count). The largest absolute Gasteiger partial charge is 0.298 e. The number of para-hydroxylation sites is 1. The van der Waals surface area contributed by atoms with Crippen molar-refractivity contribution in [1.29, 1.82) is 0 Å². The number of rotatable bonds is 5. The Bertz CT molecular complexity index is 923. The maximum absolute atomic E-state index is 12.3. The molecule has 1 amide bonds. The third-order valence-electron chi connectivity index (χ3n) is 3.46. The van der Waals surface area contributed by atoms with Crippen molar-refractivity contribution < 1.29 is 9.72 Å². The van der Waals surface area contributed by atoms with Crippen LogP contribution in [0, 0.1) is 10.1 Å². The molecule has 8 heteroatoms. The van der Waals surface area contributed by atoms with Gasteiger partial charge < -0.3 is 0 Å². The highest BCUT2D eigenvalue weighted by atomic mass is 32.2. The van der Waals surface area contributed by atoms with E-state index in [0.29, 0.717) is 5.13 Å². The first-order chi connectivity index (χ1) is 12.1. The van der Waals surface area contributed by atoms with Gasteiger partial charge in [-0.2, -0.15) is 0 Å². The summed E-state index contributed by atoms with van der Waals surface area (Å²) >= 11 is 2.93. The molecule has 0 fully saturated rings. The smallest absolute Gasteiger partial charge is 0.282 e. The van der Waals surface area contributed by atoms with Crippen molar-refractivity contribution in [2.75, 3.05) is 11.6 Å². The third kappa shape index (κ3) is 3.86. The molecule has 0 unspecified atom stereocenters. The number of carbonyl (C=O) groups is 1. The minimum absolute atomic E-state index is 0.00794. The van der Waals surface area contributed by atoms with Gasteiger partial charge in [-0.05, 0) is 24.5 Å². The molecule has 1 N–H and O–H groups in total. The maximum atomic E-state index is 12.3. The fourth-order valence-corrected chi connectivity index (χ4v) is 3.34. The average molecular weight is 371 g/mol. The summed E-state index contributed by atoms with van der Waals surface area (Å²) in [4.78, 5) is 28.3. The van der Waals surface area contributed by atoms with E-state index in [0.717, 1.165) is 16.2 Å². The van der Waals surface area contributed by atoms with Gasteiger partial charge in [0.1, 0.15) is 5.56 Å². The Hall–Kier alpha value is -2.71. The molecule has 0 aliphatic rings. The van der Waals surface area contributed by atoms with Gasteiger partial charge in [0, 0.05) is 21.9 Å². The Morgan fingerprint density at radius 2 is 1.92 bits per heavy atom. The maximum Gasteiger partial charge on any atom is 0.282 e. The van der Waals surface area contributed by atoms with Crippen LogP contribution < -0.4 is 5.32 Å². The number of amides is 1. The SMILES string of the molecule is CSc1ccc(-c2csc(NC(=O)c3ccccc3[N+](=O)[O-])n2)cc1. The van der Waals surface area contributed by atoms with E-state index in [1.165, 1.54) is 29.5 Å². The highest BCUT2D eigenvalue weighted by Gasteiger charge is 2.20. The standard InChI is InChI=1S/C17H13N3O3S2/c1-24-12-8-6-11(7-9-12)14-10-25-17(18-14)19-16(21)13-4-2-3-5-15(13)20(22)23/h2-10H,1H3,(H,18,19,21). The first-order valence-electron chi connectivity index (χ1n) is 7.23. The zero-order valence-electron chi connectivity index (χ0n) is 13.1. The van der Waals surface area contributed by atoms with Crippen molar-refractivity contribution >= 4 is 39.8 Å². The molecular formula is C17H13N3O3S2. The molecular weight excluding hydrogens is 358 g/mol. The van der Waals surface area contributed by atoms with Gasteiger partial charge in [0.25, 0.3) is 11.6 Å². The van der Waals surface area contributed by atoms with Crippen LogP contribution in [-0.2, 0) is 0 Å². The van der Waals surface area contributed by atoms with Crippen LogP contribution >= 0.6 is 23.1 Å². The first-order valence-corrected chi connectivity index (χ1v) is 9.33. The Morgan fingerprint density at radius 3 is 2.60 bits per heavy atom. The van der Waals surface area contributed by atoms with Crippen LogP contribution in [0.25, 0.3) is 11.3 Å². The van der Waals surface area contributed by atoms with E-state index < -0.39 is 10.8 Å². The van der Waals surface area contributed by atoms with Crippen molar-refractivity contribution in [3.05, 3.63) is 69.6 Å². The average Bonchev–Trinajstić information content (AvgIpc) is 3.10. The number of thiazole rings is 1. The van der Waals surface area contributed by atoms with E-state index in [4.69, 9.17) is 0 Å². The zero-order chi connectivity index (χ0) is 17.8. The lowest BCUT2D eigenvalue weighted by Crippen LogP contribution is -2.13. The van der Waals surface area contributed by atoms with Crippen molar-refractivity contribution in [2.45, 2.75) is 4.90 Å². The highest BCUT2D eigenvalue weighted by molar-refractivity contribution is 7.98. The normalized spacial score (nSPS) is 10.4. The third-order valence-corrected chi connectivity index (χ3v) is 4.96. The summed E-state index contributed by atoms with van der Waals surface area (Å²) in [6.45, 7) is 0. The van der Waals surface area contributed by atoms with E-state index in [2.05, 4.69) is 10.3 Å². The molecule has 0 spiro atoms. The van der Waals surface area contributed by atoms with Gasteiger partial charge >= 0.3 is 0 Å². The van der Waals surface area contributed by atoms with E-state index in [1.807, 2.05) is 35.9 Å². The predicted molar refractivity (Wildman–Crippen MR) is 100 cm³/mol. The van der Waals surface area contributed by atoms with Gasteiger partial charge in [0.2, 0.25) is 0 Å². The van der Waals surface area contributed by atoms with Crippen LogP contribution in [0.5, 0.6) is 0 Å². The van der Waals surface area contributed by atoms with Crippen molar-refractivity contribution in [3.8, 4) is 11.3 Å². The lowest BCUT2D eigenvalue weighted by Gasteiger charge is -2.02. The highest BCUT2D eigenvalue weighted by Crippen LogP contribution is 2.27. The fraction of sp³-hybridized carbons (Fsp3) is 0.0588. The number of nitrogens with zero attached hydrogens (tertiary/aromatic N) is 2. The van der Waals surface area contributed by atoms with E-state index in [1.54, 1.807) is 17.8 Å². The van der Waals surface area contributed by atoms with E-state index in [-0.39, 0.29) is 11.3 Å². The topological polar surface area (TPSA) is 85.1 Å². The summed E-state index contributed by atoms with van der Waals surface area (Å²) in [6.07, 6.45) is 2.01. The number of nitro groups is 1. The number of benzene rings is 2. The molecule has 0 bridgehead atoms. The van der Waals surface area contributed by atoms with Crippen LogP contribution in [0.15, 0.2) is 58.8 Å². The van der Waals surface area contributed by atoms with Crippen molar-refractivity contribution in [2.24, 2.45) is 0 Å². The lowest BCUT2D eigenvalue weighted by molar-refractivity contribution is -0.385. The van der Waals surface area contributed by atoms with Crippen LogP contribution in [0.4, 0.5) is 10.8 Å². The van der Waals surface area contributed by atoms with Crippen LogP contribution in [0.1, 0.15) is 10.4 Å². The molecule has 6 nitrogen and oxygen atoms in total. The summed E-state index contributed by atoms with van der Waals surface area (Å²) in [5.74, 6) is -0.550. The number of nitro benzene ring substituents is 1. The molecule has 0 radical (unpaired) electrons. The quantitative estimate of drug-likeness (QED) is 0.399. The zero-order valence-corrected chi connectivity index (χ0v) is 14.8. The first kappa shape index (κ1) is 17.1. The fourth-order valence-electron chi connectivity index (χ4n) is 2.21. The summed E-state index contributed by atoms with van der Waals surface area (Å²) in [7, 11) is 0. The number of hydrogen-bond acceptors (Lipinski definition) is 6. The molecule has 0 saturated carbocycles. The Balaban J connectivity index is 1.79. The second-order valence-electron chi connectivity index (χ2n) is 4.99. The minimum atomic E-state index is -0.574. The van der Waals surface area contributed by atoms with Gasteiger partial charge in [-0.15, -0.1) is 23.1 Å². The van der Waals surface area contributed by atoms with Gasteiger partial charge in [-0.25, -0.2) is 4.98 Å². The van der Waals surface area contributed by atoms with E-state index >= 15 is 0 Å². The summed E-state index contributed by atoms with van der Waals surface area (Å²) in [5.41, 5.74) is 1.47. The molecule has 0 aliphatic carbocycles. The van der Waals surface area contributed by atoms with Gasteiger partial charge in [0.05, 0.1) is 10.6 Å². The summed E-state index contributed by atoms with van der Waals surface area (Å²) in [5, 5.41) is 15.9. The summed E-state index contributed by atoms with van der Waals surface area (Å²) < 4.78 is 0. The molecule has 1 aromatic heterocycles. The number of aromatic nitrogens is 1. The Morgan fingerprint density at radius 1 is 1.20 bits per heavy atom. The second kappa shape index (κ2) is 7.45. The Kier molecular flexibility index (Phi) is 5.11. The molecule has 1 heterocycles. The molecule has 2 aromatic carbocycles. The van der Waals surface area contributed by atoms with Crippen molar-refractivity contribution in [1.82, 2.24) is 4.98 Å². The van der Waals surface area contributed by atoms with Crippen molar-refractivity contribution in [3.63, 3.8) is 0 Å². The second-order valence-corrected chi connectivity index (χ2v) is 6.73. The van der Waals surface area contributed by atoms with Gasteiger partial charge in [-0.3, -0.25) is 20.2 Å². The summed E-state index contributed by atoms with van der Waals surface area (Å²) in [6, 6.07) is 13.8. The van der Waals surface area contributed by atoms with Crippen LogP contribution in [0.2, 0.25) is 0 Å². The van der Waals surface area contributed by atoms with E-state index in [9.17, 15) is 14.9 Å². The number of hydrogen-bond donors (Lipinski definition) is 1. The molecule has 3 aromatic rings. The van der Waals surface area contributed by atoms with Gasteiger partial charge in [-0.1, -0.05) is 24.3 Å². The van der Waals surface area contributed by atoms with Crippen LogP contribution in [-0.4, -0.2) is 22.1 Å². The number of anilines is 1. The minimum Gasteiger partial charge on any atom is -0.298 e. The number of nitrogens with one attached hydrogen (secondary N) is 1. The number of thioether (sulfide) groups is 1. The molecule has 126 valence electrons. The van der Waals surface area contributed by atoms with Gasteiger partial charge in [0.15, 0.2) is 5.13 Å². The molecule has 25 heavy (non-hydrogen) atoms. The number of carbonyl (C=O) groups excluding carboxylic acids is 1. The molecule has 0 saturated heterocycles. The van der Waals surface area contributed by atoms with Crippen LogP contribution in [0.3, 0.4) is 0 Å². The molecule has 0 aliphatic heterocycles.